The summed E-state index contributed by atoms with van der Waals surface area (Å²) in [7, 11) is 3.41. The van der Waals surface area contributed by atoms with Crippen molar-refractivity contribution in [1.29, 1.82) is 0 Å². The largest absolute Gasteiger partial charge is 0.493 e. The second-order valence-electron chi connectivity index (χ2n) is 6.74. The van der Waals surface area contributed by atoms with E-state index in [0.29, 0.717) is 6.54 Å². The summed E-state index contributed by atoms with van der Waals surface area (Å²) in [5, 5.41) is 6.65. The van der Waals surface area contributed by atoms with Gasteiger partial charge in [-0.3, -0.25) is 4.99 Å². The highest BCUT2D eigenvalue weighted by molar-refractivity contribution is 5.79. The van der Waals surface area contributed by atoms with Crippen molar-refractivity contribution in [3.05, 3.63) is 54.9 Å². The van der Waals surface area contributed by atoms with E-state index in [1.165, 1.54) is 0 Å². The summed E-state index contributed by atoms with van der Waals surface area (Å²) in [5.74, 6) is 2.23. The summed E-state index contributed by atoms with van der Waals surface area (Å²) in [6.07, 6.45) is 2.82. The number of guanidine groups is 1. The van der Waals surface area contributed by atoms with E-state index in [4.69, 9.17) is 9.47 Å². The van der Waals surface area contributed by atoms with Crippen LogP contribution in [0.15, 0.2) is 59.9 Å². The molecule has 0 aliphatic rings. The first-order valence-electron chi connectivity index (χ1n) is 9.85. The van der Waals surface area contributed by atoms with Crippen LogP contribution in [-0.2, 0) is 6.54 Å². The number of aryl methyl sites for hydroxylation is 1. The van der Waals surface area contributed by atoms with E-state index in [2.05, 4.69) is 31.2 Å². The summed E-state index contributed by atoms with van der Waals surface area (Å²) < 4.78 is 13.5. The van der Waals surface area contributed by atoms with Crippen LogP contribution in [0.3, 0.4) is 0 Å². The monoisotopic (exact) mass is 395 g/mol. The highest BCUT2D eigenvalue weighted by Gasteiger charge is 2.09. The molecule has 29 heavy (non-hydrogen) atoms. The molecule has 0 amide bonds. The lowest BCUT2D eigenvalue weighted by Crippen LogP contribution is -2.42. The van der Waals surface area contributed by atoms with Crippen LogP contribution in [0.4, 0.5) is 0 Å². The summed E-state index contributed by atoms with van der Waals surface area (Å²) in [6, 6.07) is 15.8. The molecule has 1 unspecified atom stereocenters. The van der Waals surface area contributed by atoms with Crippen LogP contribution in [-0.4, -0.2) is 48.9 Å². The van der Waals surface area contributed by atoms with Crippen molar-refractivity contribution in [2.75, 3.05) is 27.2 Å². The van der Waals surface area contributed by atoms with Crippen molar-refractivity contribution in [1.82, 2.24) is 20.2 Å². The molecule has 0 saturated carbocycles. The SMILES string of the molecule is CN=C(NCCCn1cnc2ccccc21)NCC(C)Oc1ccccc1OC. The Kier molecular flexibility index (Phi) is 7.33. The predicted octanol–water partition coefficient (Wildman–Crippen LogP) is 3.07. The predicted molar refractivity (Wildman–Crippen MR) is 117 cm³/mol. The number of benzene rings is 2. The lowest BCUT2D eigenvalue weighted by Gasteiger charge is -2.19. The highest BCUT2D eigenvalue weighted by Crippen LogP contribution is 2.26. The lowest BCUT2D eigenvalue weighted by molar-refractivity contribution is 0.213. The van der Waals surface area contributed by atoms with Crippen molar-refractivity contribution in [2.45, 2.75) is 26.0 Å². The number of para-hydroxylation sites is 4. The molecule has 7 nitrogen and oxygen atoms in total. The zero-order valence-electron chi connectivity index (χ0n) is 17.3. The molecule has 3 rings (SSSR count). The maximum atomic E-state index is 5.97. The van der Waals surface area contributed by atoms with Gasteiger partial charge in [0.05, 0.1) is 31.0 Å². The third kappa shape index (κ3) is 5.63. The molecule has 0 radical (unpaired) electrons. The van der Waals surface area contributed by atoms with Gasteiger partial charge in [0.25, 0.3) is 0 Å². The van der Waals surface area contributed by atoms with Crippen LogP contribution < -0.4 is 20.1 Å². The van der Waals surface area contributed by atoms with Gasteiger partial charge in [-0.2, -0.15) is 0 Å². The molecule has 0 fully saturated rings. The van der Waals surface area contributed by atoms with Gasteiger partial charge >= 0.3 is 0 Å². The Morgan fingerprint density at radius 1 is 1.10 bits per heavy atom. The fourth-order valence-electron chi connectivity index (χ4n) is 3.08. The minimum absolute atomic E-state index is 0.0397. The molecule has 1 heterocycles. The van der Waals surface area contributed by atoms with Gasteiger partial charge in [-0.15, -0.1) is 0 Å². The van der Waals surface area contributed by atoms with Crippen molar-refractivity contribution in [2.24, 2.45) is 4.99 Å². The van der Waals surface area contributed by atoms with Gasteiger partial charge in [0, 0.05) is 20.1 Å². The van der Waals surface area contributed by atoms with E-state index in [1.807, 2.05) is 55.7 Å². The third-order valence-corrected chi connectivity index (χ3v) is 4.57. The maximum Gasteiger partial charge on any atom is 0.191 e. The number of imidazole rings is 1. The zero-order chi connectivity index (χ0) is 20.5. The lowest BCUT2D eigenvalue weighted by atomic mass is 10.3. The van der Waals surface area contributed by atoms with Gasteiger partial charge in [0.15, 0.2) is 17.5 Å². The van der Waals surface area contributed by atoms with Gasteiger partial charge in [-0.05, 0) is 37.6 Å². The number of aliphatic imine (C=N–C) groups is 1. The second kappa shape index (κ2) is 10.4. The molecule has 0 saturated heterocycles. The number of hydrogen-bond donors (Lipinski definition) is 2. The molecule has 0 spiro atoms. The zero-order valence-corrected chi connectivity index (χ0v) is 17.3. The van der Waals surface area contributed by atoms with E-state index in [1.54, 1.807) is 14.2 Å². The minimum atomic E-state index is -0.0397. The number of fused-ring (bicyclic) bond motifs is 1. The number of aromatic nitrogens is 2. The van der Waals surface area contributed by atoms with E-state index >= 15 is 0 Å². The molecular weight excluding hydrogens is 366 g/mol. The molecule has 0 aliphatic carbocycles. The topological polar surface area (TPSA) is 72.7 Å². The van der Waals surface area contributed by atoms with Crippen molar-refractivity contribution >= 4 is 17.0 Å². The Morgan fingerprint density at radius 3 is 2.66 bits per heavy atom. The molecule has 154 valence electrons. The Morgan fingerprint density at radius 2 is 1.86 bits per heavy atom. The molecule has 7 heteroatoms. The van der Waals surface area contributed by atoms with Gasteiger partial charge in [0.1, 0.15) is 6.10 Å². The van der Waals surface area contributed by atoms with E-state index in [9.17, 15) is 0 Å². The number of rotatable bonds is 9. The molecule has 0 aliphatic heterocycles. The first kappa shape index (κ1) is 20.5. The van der Waals surface area contributed by atoms with Crippen LogP contribution in [0.25, 0.3) is 11.0 Å². The van der Waals surface area contributed by atoms with Crippen LogP contribution in [0.2, 0.25) is 0 Å². The fraction of sp³-hybridized carbons (Fsp3) is 0.364. The van der Waals surface area contributed by atoms with Gasteiger partial charge in [-0.1, -0.05) is 24.3 Å². The first-order valence-corrected chi connectivity index (χ1v) is 9.85. The molecule has 1 atom stereocenters. The molecule has 2 N–H and O–H groups in total. The smallest absolute Gasteiger partial charge is 0.191 e. The minimum Gasteiger partial charge on any atom is -0.493 e. The van der Waals surface area contributed by atoms with Crippen LogP contribution in [0.5, 0.6) is 11.5 Å². The maximum absolute atomic E-state index is 5.97. The number of hydrogen-bond acceptors (Lipinski definition) is 4. The summed E-state index contributed by atoms with van der Waals surface area (Å²) in [4.78, 5) is 8.71. The quantitative estimate of drug-likeness (QED) is 0.331. The Bertz CT molecular complexity index is 938. The highest BCUT2D eigenvalue weighted by atomic mass is 16.5. The van der Waals surface area contributed by atoms with Crippen LogP contribution >= 0.6 is 0 Å². The van der Waals surface area contributed by atoms with Crippen LogP contribution in [0, 0.1) is 0 Å². The third-order valence-electron chi connectivity index (χ3n) is 4.57. The standard InChI is InChI=1S/C22H29N5O2/c1-17(29-21-12-7-6-11-20(21)28-3)15-25-22(23-2)24-13-8-14-27-16-26-18-9-4-5-10-19(18)27/h4-7,9-12,16-17H,8,13-15H2,1-3H3,(H2,23,24,25). The molecule has 2 aromatic carbocycles. The Balaban J connectivity index is 1.40. The van der Waals surface area contributed by atoms with Crippen molar-refractivity contribution in [3.8, 4) is 11.5 Å². The average molecular weight is 396 g/mol. The fourth-order valence-corrected chi connectivity index (χ4v) is 3.08. The summed E-state index contributed by atoms with van der Waals surface area (Å²) in [5.41, 5.74) is 2.19. The summed E-state index contributed by atoms with van der Waals surface area (Å²) in [6.45, 7) is 4.35. The van der Waals surface area contributed by atoms with Gasteiger partial charge < -0.3 is 24.7 Å². The van der Waals surface area contributed by atoms with E-state index < -0.39 is 0 Å². The van der Waals surface area contributed by atoms with Crippen molar-refractivity contribution in [3.63, 3.8) is 0 Å². The van der Waals surface area contributed by atoms with E-state index in [0.717, 1.165) is 48.0 Å². The average Bonchev–Trinajstić information content (AvgIpc) is 3.17. The molecular formula is C22H29N5O2. The number of nitrogens with zero attached hydrogens (tertiary/aromatic N) is 3. The number of ether oxygens (including phenoxy) is 2. The number of methoxy groups -OCH3 is 1. The Labute approximate surface area is 171 Å². The molecule has 1 aromatic heterocycles. The van der Waals surface area contributed by atoms with Gasteiger partial charge in [-0.25, -0.2) is 4.98 Å². The summed E-state index contributed by atoms with van der Waals surface area (Å²) >= 11 is 0. The van der Waals surface area contributed by atoms with Crippen LogP contribution in [0.1, 0.15) is 13.3 Å². The van der Waals surface area contributed by atoms with E-state index in [-0.39, 0.29) is 6.10 Å². The number of nitrogens with one attached hydrogen (secondary N) is 2. The van der Waals surface area contributed by atoms with Crippen molar-refractivity contribution < 1.29 is 9.47 Å². The normalized spacial score (nSPS) is 12.6. The molecule has 0 bridgehead atoms. The molecule has 3 aromatic rings. The van der Waals surface area contributed by atoms with Gasteiger partial charge in [0.2, 0.25) is 0 Å². The Hall–Kier alpha value is -3.22. The first-order chi connectivity index (χ1) is 14.2. The second-order valence-corrected chi connectivity index (χ2v) is 6.74.